The van der Waals surface area contributed by atoms with Crippen molar-refractivity contribution in [3.05, 3.63) is 22.6 Å². The second-order valence-corrected chi connectivity index (χ2v) is 6.86. The predicted molar refractivity (Wildman–Crippen MR) is 101 cm³/mol. The molecule has 1 aliphatic heterocycles. The van der Waals surface area contributed by atoms with E-state index in [-0.39, 0.29) is 11.7 Å². The van der Waals surface area contributed by atoms with Crippen LogP contribution in [0.25, 0.3) is 6.08 Å². The van der Waals surface area contributed by atoms with Crippen LogP contribution in [0.3, 0.4) is 0 Å². The van der Waals surface area contributed by atoms with Crippen molar-refractivity contribution in [3.8, 4) is 17.2 Å². The topological polar surface area (TPSA) is 65.1 Å². The number of hydrogen-bond donors (Lipinski definition) is 0. The first-order chi connectivity index (χ1) is 11.9. The lowest BCUT2D eigenvalue weighted by molar-refractivity contribution is -0.132. The molecule has 0 spiro atoms. The molecule has 1 fully saturated rings. The number of methoxy groups -OCH3 is 2. The summed E-state index contributed by atoms with van der Waals surface area (Å²) < 4.78 is 16.3. The average molecular weight is 381 g/mol. The number of carbonyl (C=O) groups excluding carboxylic acids is 2. The predicted octanol–water partition coefficient (Wildman–Crippen LogP) is 3.24. The van der Waals surface area contributed by atoms with Crippen molar-refractivity contribution in [1.82, 2.24) is 4.90 Å². The van der Waals surface area contributed by atoms with Crippen molar-refractivity contribution in [2.75, 3.05) is 20.8 Å². The minimum absolute atomic E-state index is 0.112. The normalized spacial score (nSPS) is 15.7. The van der Waals surface area contributed by atoms with Crippen molar-refractivity contribution in [2.45, 2.75) is 20.3 Å². The molecule has 0 unspecified atom stereocenters. The number of rotatable bonds is 6. The smallest absolute Gasteiger partial charge is 0.308 e. The van der Waals surface area contributed by atoms with Crippen LogP contribution < -0.4 is 14.2 Å². The Labute approximate surface area is 156 Å². The van der Waals surface area contributed by atoms with Crippen LogP contribution in [-0.2, 0) is 9.59 Å². The van der Waals surface area contributed by atoms with Gasteiger partial charge < -0.3 is 14.2 Å². The third kappa shape index (κ3) is 4.32. The lowest BCUT2D eigenvalue weighted by Gasteiger charge is -2.13. The molecular formula is C17H19NO5S2. The van der Waals surface area contributed by atoms with E-state index in [4.69, 9.17) is 26.4 Å². The zero-order chi connectivity index (χ0) is 18.6. The highest BCUT2D eigenvalue weighted by Crippen LogP contribution is 2.40. The number of hydrogen-bond acceptors (Lipinski definition) is 7. The van der Waals surface area contributed by atoms with Crippen LogP contribution in [0.5, 0.6) is 17.2 Å². The lowest BCUT2D eigenvalue weighted by Crippen LogP contribution is -2.28. The summed E-state index contributed by atoms with van der Waals surface area (Å²) in [5.41, 5.74) is 0.682. The summed E-state index contributed by atoms with van der Waals surface area (Å²) in [5, 5.41) is 0. The Balaban J connectivity index is 2.42. The number of thiocarbonyl (C=S) groups is 1. The molecule has 1 aromatic rings. The molecule has 1 aliphatic rings. The van der Waals surface area contributed by atoms with E-state index in [1.807, 2.05) is 6.92 Å². The minimum atomic E-state index is -0.482. The van der Waals surface area contributed by atoms with E-state index >= 15 is 0 Å². The monoisotopic (exact) mass is 381 g/mol. The number of benzene rings is 1. The van der Waals surface area contributed by atoms with Crippen molar-refractivity contribution < 1.29 is 23.8 Å². The minimum Gasteiger partial charge on any atom is -0.493 e. The summed E-state index contributed by atoms with van der Waals surface area (Å²) in [6, 6.07) is 3.35. The highest BCUT2D eigenvalue weighted by atomic mass is 32.2. The van der Waals surface area contributed by atoms with Gasteiger partial charge in [0.2, 0.25) is 5.75 Å². The van der Waals surface area contributed by atoms with Crippen LogP contribution in [0.2, 0.25) is 0 Å². The maximum Gasteiger partial charge on any atom is 0.308 e. The van der Waals surface area contributed by atoms with E-state index in [9.17, 15) is 9.59 Å². The first kappa shape index (κ1) is 19.3. The number of amides is 1. The molecule has 6 nitrogen and oxygen atoms in total. The molecule has 0 aliphatic carbocycles. The fraction of sp³-hybridized carbons (Fsp3) is 0.353. The standard InChI is InChI=1S/C17H19NO5S2/c1-5-6-18-16(20)14(25-17(18)24)9-11-7-12(21-3)15(23-10(2)19)13(8-11)22-4/h7-9H,5-6H2,1-4H3/b14-9+. The van der Waals surface area contributed by atoms with Gasteiger partial charge in [-0.25, -0.2) is 0 Å². The SMILES string of the molecule is CCCN1C(=O)/C(=C\c2cc(OC)c(OC(C)=O)c(OC)c2)SC1=S. The Hall–Kier alpha value is -2.06. The number of thioether (sulfide) groups is 1. The molecule has 0 N–H and O–H groups in total. The van der Waals surface area contributed by atoms with Gasteiger partial charge in [-0.15, -0.1) is 0 Å². The van der Waals surface area contributed by atoms with E-state index in [1.54, 1.807) is 23.1 Å². The molecule has 8 heteroatoms. The van der Waals surface area contributed by atoms with Crippen molar-refractivity contribution in [2.24, 2.45) is 0 Å². The number of carbonyl (C=O) groups is 2. The number of esters is 1. The first-order valence-electron chi connectivity index (χ1n) is 7.61. The van der Waals surface area contributed by atoms with Crippen LogP contribution in [0.15, 0.2) is 17.0 Å². The fourth-order valence-electron chi connectivity index (χ4n) is 2.30. The third-order valence-electron chi connectivity index (χ3n) is 3.35. The van der Waals surface area contributed by atoms with Gasteiger partial charge in [-0.1, -0.05) is 30.9 Å². The number of nitrogens with zero attached hydrogens (tertiary/aromatic N) is 1. The lowest BCUT2D eigenvalue weighted by atomic mass is 10.1. The molecule has 25 heavy (non-hydrogen) atoms. The zero-order valence-electron chi connectivity index (χ0n) is 14.5. The molecule has 1 amide bonds. The Bertz CT molecular complexity index is 720. The van der Waals surface area contributed by atoms with Gasteiger partial charge in [0, 0.05) is 13.5 Å². The quantitative estimate of drug-likeness (QED) is 0.324. The Morgan fingerprint density at radius 3 is 2.36 bits per heavy atom. The maximum absolute atomic E-state index is 12.4. The van der Waals surface area contributed by atoms with E-state index in [2.05, 4.69) is 0 Å². The summed E-state index contributed by atoms with van der Waals surface area (Å²) >= 11 is 6.52. The summed E-state index contributed by atoms with van der Waals surface area (Å²) in [6.07, 6.45) is 2.55. The Morgan fingerprint density at radius 2 is 1.88 bits per heavy atom. The van der Waals surface area contributed by atoms with Crippen LogP contribution in [-0.4, -0.2) is 41.9 Å². The number of ether oxygens (including phenoxy) is 3. The fourth-order valence-corrected chi connectivity index (χ4v) is 3.60. The van der Waals surface area contributed by atoms with E-state index in [0.717, 1.165) is 6.42 Å². The molecule has 0 radical (unpaired) electrons. The van der Waals surface area contributed by atoms with Crippen LogP contribution in [0.4, 0.5) is 0 Å². The summed E-state index contributed by atoms with van der Waals surface area (Å²) in [6.45, 7) is 3.89. The Morgan fingerprint density at radius 1 is 1.28 bits per heavy atom. The molecule has 0 aromatic heterocycles. The second-order valence-electron chi connectivity index (χ2n) is 5.18. The summed E-state index contributed by atoms with van der Waals surface area (Å²) in [7, 11) is 2.93. The van der Waals surface area contributed by atoms with Gasteiger partial charge in [0.1, 0.15) is 4.32 Å². The van der Waals surface area contributed by atoms with Gasteiger partial charge in [0.15, 0.2) is 11.5 Å². The van der Waals surface area contributed by atoms with E-state index in [1.165, 1.54) is 32.9 Å². The van der Waals surface area contributed by atoms with Crippen LogP contribution in [0, 0.1) is 0 Å². The zero-order valence-corrected chi connectivity index (χ0v) is 16.1. The molecular weight excluding hydrogens is 362 g/mol. The molecule has 134 valence electrons. The Kier molecular flexibility index (Phi) is 6.44. The molecule has 0 saturated carbocycles. The molecule has 0 bridgehead atoms. The van der Waals surface area contributed by atoms with E-state index < -0.39 is 5.97 Å². The molecule has 1 heterocycles. The highest BCUT2D eigenvalue weighted by Gasteiger charge is 2.31. The summed E-state index contributed by atoms with van der Waals surface area (Å²) in [4.78, 5) is 25.8. The van der Waals surface area contributed by atoms with Gasteiger partial charge in [-0.05, 0) is 30.2 Å². The summed E-state index contributed by atoms with van der Waals surface area (Å²) in [5.74, 6) is 0.284. The first-order valence-corrected chi connectivity index (χ1v) is 8.83. The van der Waals surface area contributed by atoms with Crippen molar-refractivity contribution in [3.63, 3.8) is 0 Å². The van der Waals surface area contributed by atoms with E-state index in [0.29, 0.717) is 32.8 Å². The largest absolute Gasteiger partial charge is 0.493 e. The molecule has 1 aromatic carbocycles. The van der Waals surface area contributed by atoms with Crippen LogP contribution >= 0.6 is 24.0 Å². The van der Waals surface area contributed by atoms with Crippen LogP contribution in [0.1, 0.15) is 25.8 Å². The molecule has 1 saturated heterocycles. The van der Waals surface area contributed by atoms with Crippen molar-refractivity contribution >= 4 is 46.3 Å². The molecule has 2 rings (SSSR count). The van der Waals surface area contributed by atoms with Crippen molar-refractivity contribution in [1.29, 1.82) is 0 Å². The maximum atomic E-state index is 12.4. The van der Waals surface area contributed by atoms with Gasteiger partial charge in [-0.2, -0.15) is 0 Å². The van der Waals surface area contributed by atoms with Gasteiger partial charge in [0.05, 0.1) is 19.1 Å². The third-order valence-corrected chi connectivity index (χ3v) is 4.73. The van der Waals surface area contributed by atoms with Gasteiger partial charge in [0.25, 0.3) is 5.91 Å². The molecule has 0 atom stereocenters. The highest BCUT2D eigenvalue weighted by molar-refractivity contribution is 8.26. The second kappa shape index (κ2) is 8.35. The van der Waals surface area contributed by atoms with Gasteiger partial charge >= 0.3 is 5.97 Å². The average Bonchev–Trinajstić information content (AvgIpc) is 2.83. The van der Waals surface area contributed by atoms with Gasteiger partial charge in [-0.3, -0.25) is 14.5 Å².